The van der Waals surface area contributed by atoms with Crippen LogP contribution in [0.2, 0.25) is 0 Å². The number of rotatable bonds is 6. The molecule has 124 valence electrons. The van der Waals surface area contributed by atoms with Crippen molar-refractivity contribution in [3.63, 3.8) is 0 Å². The molecule has 0 aliphatic heterocycles. The summed E-state index contributed by atoms with van der Waals surface area (Å²) in [5, 5.41) is 9.61. The van der Waals surface area contributed by atoms with Crippen LogP contribution in [0.4, 0.5) is 0 Å². The summed E-state index contributed by atoms with van der Waals surface area (Å²) in [7, 11) is 0. The summed E-state index contributed by atoms with van der Waals surface area (Å²) in [5.41, 5.74) is 0.275. The second-order valence-corrected chi connectivity index (χ2v) is 7.99. The second-order valence-electron chi connectivity index (χ2n) is 7.99. The first-order valence-electron chi connectivity index (χ1n) is 8.67. The van der Waals surface area contributed by atoms with E-state index in [4.69, 9.17) is 0 Å². The van der Waals surface area contributed by atoms with E-state index in [0.717, 1.165) is 38.8 Å². The number of aliphatic carboxylic acids is 1. The molecule has 0 aromatic rings. The Balaban J connectivity index is 2.89. The zero-order valence-corrected chi connectivity index (χ0v) is 14.9. The van der Waals surface area contributed by atoms with Crippen LogP contribution in [-0.4, -0.2) is 35.1 Å². The molecule has 0 aromatic carbocycles. The predicted octanol–water partition coefficient (Wildman–Crippen LogP) is 4.27. The van der Waals surface area contributed by atoms with Gasteiger partial charge in [-0.05, 0) is 43.1 Å². The number of carboxylic acids is 1. The van der Waals surface area contributed by atoms with Gasteiger partial charge in [-0.15, -0.1) is 0 Å². The molecule has 4 atom stereocenters. The Bertz CT molecular complexity index is 335. The fraction of sp³-hybridized carbons (Fsp3) is 0.944. The molecule has 1 aliphatic carbocycles. The van der Waals surface area contributed by atoms with E-state index in [0.29, 0.717) is 11.8 Å². The van der Waals surface area contributed by atoms with Crippen LogP contribution in [0.25, 0.3) is 0 Å². The van der Waals surface area contributed by atoms with Crippen LogP contribution in [0.1, 0.15) is 67.2 Å². The summed E-state index contributed by atoms with van der Waals surface area (Å²) in [6.07, 6.45) is 4.07. The highest BCUT2D eigenvalue weighted by atomic mass is 16.4. The summed E-state index contributed by atoms with van der Waals surface area (Å²) < 4.78 is 0. The largest absolute Gasteiger partial charge is 0.481 e. The van der Waals surface area contributed by atoms with Gasteiger partial charge in [-0.2, -0.15) is 0 Å². The van der Waals surface area contributed by atoms with Gasteiger partial charge in [0, 0.05) is 12.6 Å². The second kappa shape index (κ2) is 7.62. The van der Waals surface area contributed by atoms with Crippen molar-refractivity contribution < 1.29 is 9.90 Å². The molecular formula is C18H35NO2. The highest BCUT2D eigenvalue weighted by Crippen LogP contribution is 2.41. The van der Waals surface area contributed by atoms with Gasteiger partial charge >= 0.3 is 5.97 Å². The maximum absolute atomic E-state index is 11.7. The Kier molecular flexibility index (Phi) is 6.71. The minimum atomic E-state index is -0.602. The van der Waals surface area contributed by atoms with Crippen LogP contribution in [-0.2, 0) is 4.79 Å². The van der Waals surface area contributed by atoms with E-state index < -0.39 is 5.97 Å². The van der Waals surface area contributed by atoms with Gasteiger partial charge < -0.3 is 5.11 Å². The van der Waals surface area contributed by atoms with E-state index in [1.807, 2.05) is 0 Å². The van der Waals surface area contributed by atoms with Crippen LogP contribution in [0.3, 0.4) is 0 Å². The molecule has 4 unspecified atom stereocenters. The summed E-state index contributed by atoms with van der Waals surface area (Å²) in [6.45, 7) is 15.5. The number of hydrogen-bond donors (Lipinski definition) is 1. The normalized spacial score (nSPS) is 28.6. The maximum Gasteiger partial charge on any atom is 0.308 e. The third-order valence-corrected chi connectivity index (χ3v) is 5.48. The van der Waals surface area contributed by atoms with Crippen molar-refractivity contribution in [3.05, 3.63) is 0 Å². The van der Waals surface area contributed by atoms with E-state index in [2.05, 4.69) is 46.4 Å². The van der Waals surface area contributed by atoms with Crippen LogP contribution in [0.15, 0.2) is 0 Å². The Morgan fingerprint density at radius 1 is 1.29 bits per heavy atom. The molecule has 0 radical (unpaired) electrons. The van der Waals surface area contributed by atoms with Crippen molar-refractivity contribution in [2.75, 3.05) is 13.1 Å². The standard InChI is InChI=1S/C18H35NO2/c1-7-13(3)12-19(8-2)16-11-14(18(4,5)6)9-10-15(16)17(20)21/h13-16H,7-12H2,1-6H3,(H,20,21). The number of carboxylic acid groups (broad SMARTS) is 1. The van der Waals surface area contributed by atoms with Crippen molar-refractivity contribution in [2.24, 2.45) is 23.2 Å². The van der Waals surface area contributed by atoms with Crippen molar-refractivity contribution >= 4 is 5.97 Å². The molecule has 1 rings (SSSR count). The molecule has 0 aromatic heterocycles. The first kappa shape index (κ1) is 18.5. The summed E-state index contributed by atoms with van der Waals surface area (Å²) in [4.78, 5) is 14.1. The van der Waals surface area contributed by atoms with E-state index in [1.54, 1.807) is 0 Å². The molecule has 0 heterocycles. The molecule has 3 nitrogen and oxygen atoms in total. The van der Waals surface area contributed by atoms with Gasteiger partial charge in [0.1, 0.15) is 0 Å². The van der Waals surface area contributed by atoms with Gasteiger partial charge in [-0.1, -0.05) is 48.0 Å². The summed E-state index contributed by atoms with van der Waals surface area (Å²) in [6, 6.07) is 0.208. The van der Waals surface area contributed by atoms with Crippen molar-refractivity contribution in [1.82, 2.24) is 4.90 Å². The van der Waals surface area contributed by atoms with Gasteiger partial charge in [0.25, 0.3) is 0 Å². The predicted molar refractivity (Wildman–Crippen MR) is 88.4 cm³/mol. The SMILES string of the molecule is CCC(C)CN(CC)C1CC(C(C)(C)C)CCC1C(=O)O. The lowest BCUT2D eigenvalue weighted by Crippen LogP contribution is -2.50. The molecule has 1 N–H and O–H groups in total. The fourth-order valence-corrected chi connectivity index (χ4v) is 3.65. The van der Waals surface area contributed by atoms with E-state index in [1.165, 1.54) is 0 Å². The highest BCUT2D eigenvalue weighted by Gasteiger charge is 2.41. The number of nitrogens with zero attached hydrogens (tertiary/aromatic N) is 1. The Labute approximate surface area is 131 Å². The third-order valence-electron chi connectivity index (χ3n) is 5.48. The average molecular weight is 297 g/mol. The molecule has 0 spiro atoms. The van der Waals surface area contributed by atoms with Gasteiger partial charge in [-0.25, -0.2) is 0 Å². The van der Waals surface area contributed by atoms with Crippen molar-refractivity contribution in [3.8, 4) is 0 Å². The van der Waals surface area contributed by atoms with Gasteiger partial charge in [-0.3, -0.25) is 9.69 Å². The molecule has 0 amide bonds. The number of carbonyl (C=O) groups is 1. The van der Waals surface area contributed by atoms with Gasteiger partial charge in [0.05, 0.1) is 5.92 Å². The van der Waals surface area contributed by atoms with Crippen LogP contribution >= 0.6 is 0 Å². The lowest BCUT2D eigenvalue weighted by Gasteiger charge is -2.45. The maximum atomic E-state index is 11.7. The first-order chi connectivity index (χ1) is 9.70. The average Bonchev–Trinajstić information content (AvgIpc) is 2.42. The lowest BCUT2D eigenvalue weighted by atomic mass is 9.67. The molecule has 21 heavy (non-hydrogen) atoms. The topological polar surface area (TPSA) is 40.5 Å². The first-order valence-corrected chi connectivity index (χ1v) is 8.67. The lowest BCUT2D eigenvalue weighted by molar-refractivity contribution is -0.147. The molecule has 0 saturated heterocycles. The fourth-order valence-electron chi connectivity index (χ4n) is 3.65. The minimum absolute atomic E-state index is 0.187. The molecule has 1 saturated carbocycles. The quantitative estimate of drug-likeness (QED) is 0.796. The van der Waals surface area contributed by atoms with Crippen molar-refractivity contribution in [1.29, 1.82) is 0 Å². The third kappa shape index (κ3) is 4.98. The van der Waals surface area contributed by atoms with Crippen LogP contribution in [0, 0.1) is 23.2 Å². The van der Waals surface area contributed by atoms with E-state index in [9.17, 15) is 9.90 Å². The van der Waals surface area contributed by atoms with E-state index in [-0.39, 0.29) is 17.4 Å². The molecule has 0 bridgehead atoms. The zero-order valence-electron chi connectivity index (χ0n) is 14.9. The van der Waals surface area contributed by atoms with E-state index >= 15 is 0 Å². The minimum Gasteiger partial charge on any atom is -0.481 e. The van der Waals surface area contributed by atoms with Crippen LogP contribution < -0.4 is 0 Å². The monoisotopic (exact) mass is 297 g/mol. The van der Waals surface area contributed by atoms with Crippen molar-refractivity contribution in [2.45, 2.75) is 73.3 Å². The Hall–Kier alpha value is -0.570. The van der Waals surface area contributed by atoms with Gasteiger partial charge in [0.2, 0.25) is 0 Å². The Morgan fingerprint density at radius 3 is 2.33 bits per heavy atom. The zero-order chi connectivity index (χ0) is 16.2. The molecule has 1 aliphatic rings. The molecular weight excluding hydrogens is 262 g/mol. The number of hydrogen-bond acceptors (Lipinski definition) is 2. The Morgan fingerprint density at radius 2 is 1.90 bits per heavy atom. The van der Waals surface area contributed by atoms with Crippen LogP contribution in [0.5, 0.6) is 0 Å². The summed E-state index contributed by atoms with van der Waals surface area (Å²) >= 11 is 0. The molecule has 3 heteroatoms. The smallest absolute Gasteiger partial charge is 0.308 e. The molecule has 1 fully saturated rings. The highest BCUT2D eigenvalue weighted by molar-refractivity contribution is 5.71. The summed E-state index contributed by atoms with van der Waals surface area (Å²) in [5.74, 6) is 0.473. The van der Waals surface area contributed by atoms with Gasteiger partial charge in [0.15, 0.2) is 0 Å².